The van der Waals surface area contributed by atoms with Crippen molar-refractivity contribution in [3.63, 3.8) is 0 Å². The van der Waals surface area contributed by atoms with Crippen LogP contribution in [0.5, 0.6) is 0 Å². The lowest BCUT2D eigenvalue weighted by molar-refractivity contribution is 0.0383. The number of morpholine rings is 1. The van der Waals surface area contributed by atoms with Gasteiger partial charge in [0.15, 0.2) is 0 Å². The Bertz CT molecular complexity index is 702. The lowest BCUT2D eigenvalue weighted by Gasteiger charge is -2.26. The molecule has 1 aliphatic rings. The van der Waals surface area contributed by atoms with Crippen LogP contribution in [0.25, 0.3) is 0 Å². The van der Waals surface area contributed by atoms with Crippen molar-refractivity contribution >= 4 is 11.7 Å². The molecule has 26 heavy (non-hydrogen) atoms. The van der Waals surface area contributed by atoms with Crippen LogP contribution in [0.1, 0.15) is 28.9 Å². The Balaban J connectivity index is 1.52. The molecule has 1 aromatic heterocycles. The summed E-state index contributed by atoms with van der Waals surface area (Å²) < 4.78 is 5.33. The van der Waals surface area contributed by atoms with Gasteiger partial charge in [-0.25, -0.2) is 4.98 Å². The molecule has 2 N–H and O–H groups in total. The number of hydrogen-bond acceptors (Lipinski definition) is 5. The minimum absolute atomic E-state index is 0.0731. The van der Waals surface area contributed by atoms with E-state index in [1.807, 2.05) is 18.2 Å². The van der Waals surface area contributed by atoms with E-state index in [4.69, 9.17) is 4.74 Å². The molecular weight excluding hydrogens is 328 g/mol. The number of nitrogens with zero attached hydrogens (tertiary/aromatic N) is 2. The van der Waals surface area contributed by atoms with E-state index in [0.717, 1.165) is 32.8 Å². The number of hydrogen-bond donors (Lipinski definition) is 2. The summed E-state index contributed by atoms with van der Waals surface area (Å²) in [6, 6.07) is 13.8. The predicted molar refractivity (Wildman–Crippen MR) is 102 cm³/mol. The second-order valence-corrected chi connectivity index (χ2v) is 6.42. The van der Waals surface area contributed by atoms with E-state index in [1.165, 1.54) is 5.56 Å². The molecule has 6 heteroatoms. The van der Waals surface area contributed by atoms with Crippen LogP contribution < -0.4 is 10.6 Å². The van der Waals surface area contributed by atoms with Gasteiger partial charge in [-0.05, 0) is 24.6 Å². The van der Waals surface area contributed by atoms with Crippen molar-refractivity contribution in [1.29, 1.82) is 0 Å². The second-order valence-electron chi connectivity index (χ2n) is 6.42. The number of aromatic nitrogens is 1. The van der Waals surface area contributed by atoms with E-state index in [2.05, 4.69) is 39.6 Å². The first-order valence-corrected chi connectivity index (χ1v) is 9.08. The highest BCUT2D eigenvalue weighted by molar-refractivity contribution is 5.94. The van der Waals surface area contributed by atoms with Gasteiger partial charge in [-0.15, -0.1) is 0 Å². The molecule has 1 atom stereocenters. The van der Waals surface area contributed by atoms with E-state index < -0.39 is 0 Å². The summed E-state index contributed by atoms with van der Waals surface area (Å²) in [5.41, 5.74) is 1.79. The number of carbonyl (C=O) groups is 1. The van der Waals surface area contributed by atoms with Crippen molar-refractivity contribution in [3.05, 3.63) is 59.8 Å². The van der Waals surface area contributed by atoms with Gasteiger partial charge in [-0.1, -0.05) is 30.3 Å². The quantitative estimate of drug-likeness (QED) is 0.799. The van der Waals surface area contributed by atoms with Crippen molar-refractivity contribution < 1.29 is 9.53 Å². The third-order valence-corrected chi connectivity index (χ3v) is 4.50. The van der Waals surface area contributed by atoms with Gasteiger partial charge >= 0.3 is 0 Å². The van der Waals surface area contributed by atoms with Crippen molar-refractivity contribution in [3.8, 4) is 0 Å². The molecule has 0 saturated carbocycles. The average Bonchev–Trinajstić information content (AvgIpc) is 2.69. The highest BCUT2D eigenvalue weighted by Gasteiger charge is 2.12. The molecule has 1 amide bonds. The molecule has 0 radical (unpaired) electrons. The summed E-state index contributed by atoms with van der Waals surface area (Å²) in [5.74, 6) is 0.623. The van der Waals surface area contributed by atoms with Crippen LogP contribution in [0.3, 0.4) is 0 Å². The van der Waals surface area contributed by atoms with E-state index in [-0.39, 0.29) is 11.9 Å². The number of ether oxygens (including phenoxy) is 1. The van der Waals surface area contributed by atoms with E-state index in [9.17, 15) is 4.79 Å². The Morgan fingerprint density at radius 2 is 2.00 bits per heavy atom. The largest absolute Gasteiger partial charge is 0.379 e. The molecule has 2 heterocycles. The van der Waals surface area contributed by atoms with Gasteiger partial charge in [-0.3, -0.25) is 9.69 Å². The Labute approximate surface area is 154 Å². The number of anilines is 1. The molecule has 0 aliphatic carbocycles. The Morgan fingerprint density at radius 3 is 2.77 bits per heavy atom. The van der Waals surface area contributed by atoms with E-state index in [0.29, 0.717) is 17.9 Å². The molecule has 1 aromatic carbocycles. The smallest absolute Gasteiger partial charge is 0.251 e. The Kier molecular flexibility index (Phi) is 6.57. The number of benzene rings is 1. The average molecular weight is 354 g/mol. The Morgan fingerprint density at radius 1 is 1.23 bits per heavy atom. The molecule has 1 aliphatic heterocycles. The maximum atomic E-state index is 12.4. The number of pyridine rings is 1. The van der Waals surface area contributed by atoms with E-state index in [1.54, 1.807) is 18.3 Å². The molecule has 1 unspecified atom stereocenters. The maximum Gasteiger partial charge on any atom is 0.251 e. The summed E-state index contributed by atoms with van der Waals surface area (Å²) in [6.07, 6.45) is 1.66. The third kappa shape index (κ3) is 5.28. The molecule has 3 rings (SSSR count). The minimum atomic E-state index is -0.0731. The Hall–Kier alpha value is -2.44. The second kappa shape index (κ2) is 9.31. The van der Waals surface area contributed by atoms with Gasteiger partial charge in [0.1, 0.15) is 5.82 Å². The molecule has 138 valence electrons. The summed E-state index contributed by atoms with van der Waals surface area (Å²) in [6.45, 7) is 6.94. The van der Waals surface area contributed by atoms with Crippen molar-refractivity contribution in [2.75, 3.05) is 44.7 Å². The zero-order valence-corrected chi connectivity index (χ0v) is 15.1. The highest BCUT2D eigenvalue weighted by atomic mass is 16.5. The number of amides is 1. The van der Waals surface area contributed by atoms with Crippen molar-refractivity contribution in [1.82, 2.24) is 15.2 Å². The minimum Gasteiger partial charge on any atom is -0.379 e. The first-order chi connectivity index (χ1) is 12.7. The standard InChI is InChI=1S/C20H26N4O2/c1-16(17-5-3-2-4-6-17)23-19-15-18(7-8-21-19)20(25)22-9-10-24-11-13-26-14-12-24/h2-8,15-16H,9-14H2,1H3,(H,21,23)(H,22,25). The summed E-state index contributed by atoms with van der Waals surface area (Å²) >= 11 is 0. The molecule has 0 bridgehead atoms. The van der Waals surface area contributed by atoms with Gasteiger partial charge in [0, 0.05) is 44.0 Å². The van der Waals surface area contributed by atoms with Crippen LogP contribution in [0, 0.1) is 0 Å². The van der Waals surface area contributed by atoms with Gasteiger partial charge in [-0.2, -0.15) is 0 Å². The molecule has 1 saturated heterocycles. The fraction of sp³-hybridized carbons (Fsp3) is 0.400. The summed E-state index contributed by atoms with van der Waals surface area (Å²) in [7, 11) is 0. The number of nitrogens with one attached hydrogen (secondary N) is 2. The molecule has 6 nitrogen and oxygen atoms in total. The predicted octanol–water partition coefficient (Wildman–Crippen LogP) is 2.32. The summed E-state index contributed by atoms with van der Waals surface area (Å²) in [5, 5.41) is 6.33. The van der Waals surface area contributed by atoms with Gasteiger partial charge in [0.25, 0.3) is 5.91 Å². The zero-order chi connectivity index (χ0) is 18.2. The lowest BCUT2D eigenvalue weighted by Crippen LogP contribution is -2.41. The first-order valence-electron chi connectivity index (χ1n) is 9.08. The molecule has 2 aromatic rings. The van der Waals surface area contributed by atoms with Gasteiger partial charge < -0.3 is 15.4 Å². The van der Waals surface area contributed by atoms with Crippen LogP contribution >= 0.6 is 0 Å². The zero-order valence-electron chi connectivity index (χ0n) is 15.1. The molecular formula is C20H26N4O2. The summed E-state index contributed by atoms with van der Waals surface area (Å²) in [4.78, 5) is 19.0. The van der Waals surface area contributed by atoms with Crippen LogP contribution in [0.4, 0.5) is 5.82 Å². The van der Waals surface area contributed by atoms with Crippen LogP contribution in [-0.2, 0) is 4.74 Å². The topological polar surface area (TPSA) is 66.5 Å². The third-order valence-electron chi connectivity index (χ3n) is 4.50. The number of carbonyl (C=O) groups excluding carboxylic acids is 1. The maximum absolute atomic E-state index is 12.4. The fourth-order valence-corrected chi connectivity index (χ4v) is 2.95. The monoisotopic (exact) mass is 354 g/mol. The van der Waals surface area contributed by atoms with Crippen LogP contribution in [0.15, 0.2) is 48.7 Å². The van der Waals surface area contributed by atoms with Crippen molar-refractivity contribution in [2.45, 2.75) is 13.0 Å². The normalized spacial score (nSPS) is 16.0. The fourth-order valence-electron chi connectivity index (χ4n) is 2.95. The van der Waals surface area contributed by atoms with Gasteiger partial charge in [0.2, 0.25) is 0 Å². The molecule has 1 fully saturated rings. The SMILES string of the molecule is CC(Nc1cc(C(=O)NCCN2CCOCC2)ccn1)c1ccccc1. The lowest BCUT2D eigenvalue weighted by atomic mass is 10.1. The highest BCUT2D eigenvalue weighted by Crippen LogP contribution is 2.18. The van der Waals surface area contributed by atoms with Crippen LogP contribution in [-0.4, -0.2) is 55.2 Å². The molecule has 0 spiro atoms. The van der Waals surface area contributed by atoms with Gasteiger partial charge in [0.05, 0.1) is 13.2 Å². The van der Waals surface area contributed by atoms with E-state index >= 15 is 0 Å². The van der Waals surface area contributed by atoms with Crippen molar-refractivity contribution in [2.24, 2.45) is 0 Å². The first kappa shape index (κ1) is 18.4. The number of rotatable bonds is 7. The van der Waals surface area contributed by atoms with Crippen LogP contribution in [0.2, 0.25) is 0 Å².